The molecule has 1 fully saturated rings. The lowest BCUT2D eigenvalue weighted by Crippen LogP contribution is -2.48. The van der Waals surface area contributed by atoms with Gasteiger partial charge in [-0.2, -0.15) is 0 Å². The molecule has 1 aromatic carbocycles. The highest BCUT2D eigenvalue weighted by Gasteiger charge is 2.34. The van der Waals surface area contributed by atoms with Crippen molar-refractivity contribution in [3.05, 3.63) is 51.2 Å². The zero-order valence-electron chi connectivity index (χ0n) is 18.7. The minimum absolute atomic E-state index is 0.0218. The van der Waals surface area contributed by atoms with Crippen LogP contribution in [0.1, 0.15) is 53.8 Å². The fourth-order valence-corrected chi connectivity index (χ4v) is 5.28. The van der Waals surface area contributed by atoms with Gasteiger partial charge < -0.3 is 14.5 Å². The number of hydrogen-bond acceptors (Lipinski definition) is 4. The number of amides is 2. The first-order valence-corrected chi connectivity index (χ1v) is 12.2. The van der Waals surface area contributed by atoms with Gasteiger partial charge in [-0.3, -0.25) is 9.59 Å². The molecule has 1 aromatic heterocycles. The maximum absolute atomic E-state index is 13.4. The first kappa shape index (κ1) is 21.9. The van der Waals surface area contributed by atoms with Crippen molar-refractivity contribution in [3.63, 3.8) is 0 Å². The summed E-state index contributed by atoms with van der Waals surface area (Å²) in [7, 11) is 0. The summed E-state index contributed by atoms with van der Waals surface area (Å²) in [6.45, 7) is 7.96. The molecule has 166 valence electrons. The summed E-state index contributed by atoms with van der Waals surface area (Å²) < 4.78 is 6.22. The predicted octanol–water partition coefficient (Wildman–Crippen LogP) is 4.52. The van der Waals surface area contributed by atoms with E-state index in [9.17, 15) is 9.59 Å². The number of rotatable bonds is 8. The Morgan fingerprint density at radius 1 is 1.23 bits per heavy atom. The molecule has 0 saturated heterocycles. The van der Waals surface area contributed by atoms with Gasteiger partial charge >= 0.3 is 0 Å². The van der Waals surface area contributed by atoms with Gasteiger partial charge in [-0.15, -0.1) is 11.3 Å². The highest BCUT2D eigenvalue weighted by atomic mass is 32.1. The van der Waals surface area contributed by atoms with E-state index in [0.717, 1.165) is 30.6 Å². The van der Waals surface area contributed by atoms with Crippen LogP contribution in [0.4, 0.5) is 0 Å². The van der Waals surface area contributed by atoms with E-state index in [0.29, 0.717) is 32.0 Å². The number of nitrogens with zero attached hydrogens (tertiary/aromatic N) is 2. The van der Waals surface area contributed by atoms with Gasteiger partial charge in [0.1, 0.15) is 12.4 Å². The number of benzene rings is 1. The number of fused-ring (bicyclic) bond motifs is 1. The van der Waals surface area contributed by atoms with Crippen molar-refractivity contribution in [1.29, 1.82) is 0 Å². The molecule has 1 aliphatic carbocycles. The molecule has 0 N–H and O–H groups in total. The number of aryl methyl sites for hydroxylation is 2. The van der Waals surface area contributed by atoms with Gasteiger partial charge in [-0.25, -0.2) is 0 Å². The average Bonchev–Trinajstić information content (AvgIpc) is 3.44. The van der Waals surface area contributed by atoms with Crippen LogP contribution < -0.4 is 4.74 Å². The summed E-state index contributed by atoms with van der Waals surface area (Å²) in [5.41, 5.74) is 3.49. The molecule has 2 aliphatic rings. The maximum atomic E-state index is 13.4. The van der Waals surface area contributed by atoms with E-state index in [-0.39, 0.29) is 24.4 Å². The molecule has 0 radical (unpaired) electrons. The quantitative estimate of drug-likeness (QED) is 0.606. The minimum Gasteiger partial charge on any atom is -0.491 e. The second-order valence-electron chi connectivity index (χ2n) is 8.80. The number of carbonyl (C=O) groups is 2. The molecule has 5 nitrogen and oxygen atoms in total. The number of thiophene rings is 1. The van der Waals surface area contributed by atoms with Gasteiger partial charge in [0.05, 0.1) is 12.6 Å². The highest BCUT2D eigenvalue weighted by molar-refractivity contribution is 7.10. The molecule has 0 spiro atoms. The second-order valence-corrected chi connectivity index (χ2v) is 9.80. The zero-order chi connectivity index (χ0) is 22.0. The summed E-state index contributed by atoms with van der Waals surface area (Å²) in [5.74, 6) is 1.51. The smallest absolute Gasteiger partial charge is 0.242 e. The van der Waals surface area contributed by atoms with Crippen molar-refractivity contribution in [3.8, 4) is 5.75 Å². The normalized spacial score (nSPS) is 17.9. The van der Waals surface area contributed by atoms with Crippen LogP contribution in [0.15, 0.2) is 29.6 Å². The van der Waals surface area contributed by atoms with Gasteiger partial charge in [0.15, 0.2) is 0 Å². The molecule has 6 heteroatoms. The van der Waals surface area contributed by atoms with Crippen molar-refractivity contribution in [2.45, 2.75) is 52.5 Å². The first-order chi connectivity index (χ1) is 15.0. The van der Waals surface area contributed by atoms with Crippen LogP contribution in [0.5, 0.6) is 5.75 Å². The van der Waals surface area contributed by atoms with Gasteiger partial charge in [0.25, 0.3) is 0 Å². The molecule has 2 aromatic rings. The standard InChI is InChI=1S/C25H32N2O3S/c1-4-24(28)26(14-19-6-7-19)15-25(29)27-11-9-23-20(10-12-31-23)21(27)16-30-22-8-5-17(2)13-18(22)3/h5,8,10,12-13,19,21H,4,6-7,9,11,14-16H2,1-3H3/t21-/m1/s1. The SMILES string of the molecule is CCC(=O)N(CC(=O)N1CCc2sccc2[C@H]1COc1ccc(C)cc1C)CC1CC1. The van der Waals surface area contributed by atoms with E-state index in [1.54, 1.807) is 16.2 Å². The van der Waals surface area contributed by atoms with Crippen LogP contribution in [0, 0.1) is 19.8 Å². The summed E-state index contributed by atoms with van der Waals surface area (Å²) in [6, 6.07) is 8.16. The third kappa shape index (κ3) is 5.12. The second kappa shape index (κ2) is 9.43. The van der Waals surface area contributed by atoms with Gasteiger partial charge in [-0.1, -0.05) is 24.6 Å². The summed E-state index contributed by atoms with van der Waals surface area (Å²) in [6.07, 6.45) is 3.63. The van der Waals surface area contributed by atoms with Crippen LogP contribution in [0.2, 0.25) is 0 Å². The van der Waals surface area contributed by atoms with Crippen molar-refractivity contribution >= 4 is 23.2 Å². The number of ether oxygens (including phenoxy) is 1. The molecule has 0 bridgehead atoms. The largest absolute Gasteiger partial charge is 0.491 e. The fraction of sp³-hybridized carbons (Fsp3) is 0.520. The molecule has 4 rings (SSSR count). The Morgan fingerprint density at radius 2 is 2.03 bits per heavy atom. The van der Waals surface area contributed by atoms with Gasteiger partial charge in [-0.05, 0) is 67.7 Å². The van der Waals surface area contributed by atoms with Crippen LogP contribution >= 0.6 is 11.3 Å². The van der Waals surface area contributed by atoms with Gasteiger partial charge in [0, 0.05) is 24.4 Å². The van der Waals surface area contributed by atoms with Crippen LogP contribution in [0.25, 0.3) is 0 Å². The summed E-state index contributed by atoms with van der Waals surface area (Å²) >= 11 is 1.75. The topological polar surface area (TPSA) is 49.9 Å². The third-order valence-electron chi connectivity index (χ3n) is 6.30. The monoisotopic (exact) mass is 440 g/mol. The highest BCUT2D eigenvalue weighted by Crippen LogP contribution is 2.35. The van der Waals surface area contributed by atoms with Crippen LogP contribution in [0.3, 0.4) is 0 Å². The van der Waals surface area contributed by atoms with E-state index in [4.69, 9.17) is 4.74 Å². The lowest BCUT2D eigenvalue weighted by Gasteiger charge is -2.37. The minimum atomic E-state index is -0.122. The molecule has 31 heavy (non-hydrogen) atoms. The van der Waals surface area contributed by atoms with Crippen molar-refractivity contribution in [2.24, 2.45) is 5.92 Å². The molecule has 1 atom stereocenters. The van der Waals surface area contributed by atoms with Crippen molar-refractivity contribution in [1.82, 2.24) is 9.80 Å². The Labute approximate surface area is 189 Å². The molecule has 1 saturated carbocycles. The Kier molecular flexibility index (Phi) is 6.65. The van der Waals surface area contributed by atoms with E-state index >= 15 is 0 Å². The number of hydrogen-bond donors (Lipinski definition) is 0. The summed E-state index contributed by atoms with van der Waals surface area (Å²) in [5, 5.41) is 2.10. The van der Waals surface area contributed by atoms with Crippen LogP contribution in [-0.4, -0.2) is 47.9 Å². The fourth-order valence-electron chi connectivity index (χ4n) is 4.35. The van der Waals surface area contributed by atoms with E-state index < -0.39 is 0 Å². The Hall–Kier alpha value is -2.34. The van der Waals surface area contributed by atoms with Crippen LogP contribution in [-0.2, 0) is 16.0 Å². The Morgan fingerprint density at radius 3 is 2.74 bits per heavy atom. The Balaban J connectivity index is 1.50. The molecule has 0 unspecified atom stereocenters. The lowest BCUT2D eigenvalue weighted by atomic mass is 10.00. The molecule has 2 heterocycles. The molecular weight excluding hydrogens is 408 g/mol. The van der Waals surface area contributed by atoms with Crippen molar-refractivity contribution in [2.75, 3.05) is 26.2 Å². The van der Waals surface area contributed by atoms with Crippen molar-refractivity contribution < 1.29 is 14.3 Å². The molecular formula is C25H32N2O3S. The maximum Gasteiger partial charge on any atom is 0.242 e. The van der Waals surface area contributed by atoms with Gasteiger partial charge in [0.2, 0.25) is 11.8 Å². The average molecular weight is 441 g/mol. The molecule has 2 amide bonds. The van der Waals surface area contributed by atoms with E-state index in [1.807, 2.05) is 30.9 Å². The third-order valence-corrected chi connectivity index (χ3v) is 7.30. The van der Waals surface area contributed by atoms with E-state index in [2.05, 4.69) is 24.4 Å². The predicted molar refractivity (Wildman–Crippen MR) is 123 cm³/mol. The van der Waals surface area contributed by atoms with E-state index in [1.165, 1.54) is 16.0 Å². The first-order valence-electron chi connectivity index (χ1n) is 11.3. The summed E-state index contributed by atoms with van der Waals surface area (Å²) in [4.78, 5) is 30.8. The lowest BCUT2D eigenvalue weighted by molar-refractivity contribution is -0.142. The number of carbonyl (C=O) groups excluding carboxylic acids is 2. The Bertz CT molecular complexity index is 950. The zero-order valence-corrected chi connectivity index (χ0v) is 19.5. The molecule has 1 aliphatic heterocycles.